The molecule has 1 aromatic heterocycles. The average molecular weight is 165 g/mol. The number of rotatable bonds is 1. The van der Waals surface area contributed by atoms with E-state index in [1.165, 1.54) is 25.1 Å². The fraction of sp³-hybridized carbons (Fsp3) is 0.667. The molecule has 1 aliphatic rings. The predicted molar refractivity (Wildman–Crippen MR) is 48.2 cm³/mol. The van der Waals surface area contributed by atoms with E-state index in [4.69, 9.17) is 0 Å². The van der Waals surface area contributed by atoms with Crippen molar-refractivity contribution in [3.8, 4) is 0 Å². The Labute approximate surface area is 72.6 Å². The van der Waals surface area contributed by atoms with Crippen molar-refractivity contribution < 1.29 is 0 Å². The van der Waals surface area contributed by atoms with Crippen LogP contribution in [0.25, 0.3) is 0 Å². The molecule has 2 heterocycles. The molecule has 0 spiro atoms. The first-order valence-corrected chi connectivity index (χ1v) is 4.59. The van der Waals surface area contributed by atoms with Crippen LogP contribution in [0, 0.1) is 6.92 Å². The number of hydrogen-bond donors (Lipinski definition) is 2. The van der Waals surface area contributed by atoms with Crippen molar-refractivity contribution in [1.82, 2.24) is 15.3 Å². The summed E-state index contributed by atoms with van der Waals surface area (Å²) in [5, 5.41) is 3.39. The SMILES string of the molecule is Cc1nc(C2CCCNC2)c[nH]1. The Balaban J connectivity index is 2.08. The average Bonchev–Trinajstić information content (AvgIpc) is 2.54. The lowest BCUT2D eigenvalue weighted by molar-refractivity contribution is 0.455. The first-order chi connectivity index (χ1) is 5.86. The summed E-state index contributed by atoms with van der Waals surface area (Å²) in [6.45, 7) is 4.25. The van der Waals surface area contributed by atoms with Gasteiger partial charge in [0.05, 0.1) is 5.69 Å². The third kappa shape index (κ3) is 1.50. The molecule has 1 unspecified atom stereocenters. The summed E-state index contributed by atoms with van der Waals surface area (Å²) in [5.74, 6) is 1.65. The van der Waals surface area contributed by atoms with Gasteiger partial charge in [-0.1, -0.05) is 0 Å². The van der Waals surface area contributed by atoms with Crippen LogP contribution in [0.1, 0.15) is 30.3 Å². The fourth-order valence-corrected chi connectivity index (χ4v) is 1.75. The highest BCUT2D eigenvalue weighted by Gasteiger charge is 2.16. The summed E-state index contributed by atoms with van der Waals surface area (Å²) in [7, 11) is 0. The van der Waals surface area contributed by atoms with E-state index in [1.54, 1.807) is 0 Å². The van der Waals surface area contributed by atoms with Gasteiger partial charge >= 0.3 is 0 Å². The van der Waals surface area contributed by atoms with Crippen molar-refractivity contribution in [2.45, 2.75) is 25.7 Å². The van der Waals surface area contributed by atoms with Gasteiger partial charge < -0.3 is 10.3 Å². The smallest absolute Gasteiger partial charge is 0.103 e. The molecule has 66 valence electrons. The van der Waals surface area contributed by atoms with E-state index in [1.807, 2.05) is 13.1 Å². The summed E-state index contributed by atoms with van der Waals surface area (Å²) in [5.41, 5.74) is 1.22. The van der Waals surface area contributed by atoms with E-state index >= 15 is 0 Å². The number of nitrogens with zero attached hydrogens (tertiary/aromatic N) is 1. The van der Waals surface area contributed by atoms with Crippen LogP contribution in [0.3, 0.4) is 0 Å². The van der Waals surface area contributed by atoms with Gasteiger partial charge in [-0.05, 0) is 26.3 Å². The zero-order valence-corrected chi connectivity index (χ0v) is 7.43. The van der Waals surface area contributed by atoms with Crippen LogP contribution in [0.4, 0.5) is 0 Å². The van der Waals surface area contributed by atoms with Gasteiger partial charge in [-0.2, -0.15) is 0 Å². The van der Waals surface area contributed by atoms with Crippen molar-refractivity contribution in [2.24, 2.45) is 0 Å². The first kappa shape index (κ1) is 7.80. The Bertz CT molecular complexity index is 248. The van der Waals surface area contributed by atoms with Crippen LogP contribution >= 0.6 is 0 Å². The van der Waals surface area contributed by atoms with Gasteiger partial charge in [-0.15, -0.1) is 0 Å². The van der Waals surface area contributed by atoms with Crippen molar-refractivity contribution in [3.63, 3.8) is 0 Å². The third-order valence-corrected chi connectivity index (χ3v) is 2.44. The zero-order valence-electron chi connectivity index (χ0n) is 7.43. The molecule has 0 radical (unpaired) electrons. The topological polar surface area (TPSA) is 40.7 Å². The molecule has 12 heavy (non-hydrogen) atoms. The highest BCUT2D eigenvalue weighted by atomic mass is 14.9. The monoisotopic (exact) mass is 165 g/mol. The lowest BCUT2D eigenvalue weighted by Gasteiger charge is -2.20. The second-order valence-electron chi connectivity index (χ2n) is 3.45. The highest BCUT2D eigenvalue weighted by Crippen LogP contribution is 2.20. The number of nitrogens with one attached hydrogen (secondary N) is 2. The maximum atomic E-state index is 4.44. The van der Waals surface area contributed by atoms with Crippen molar-refractivity contribution in [1.29, 1.82) is 0 Å². The highest BCUT2D eigenvalue weighted by molar-refractivity contribution is 5.08. The van der Waals surface area contributed by atoms with Crippen LogP contribution in [0.15, 0.2) is 6.20 Å². The Morgan fingerprint density at radius 1 is 1.58 bits per heavy atom. The normalized spacial score (nSPS) is 24.2. The van der Waals surface area contributed by atoms with Crippen LogP contribution in [0.2, 0.25) is 0 Å². The van der Waals surface area contributed by atoms with Crippen LogP contribution < -0.4 is 5.32 Å². The molecule has 1 atom stereocenters. The van der Waals surface area contributed by atoms with Gasteiger partial charge in [-0.25, -0.2) is 4.98 Å². The van der Waals surface area contributed by atoms with E-state index in [0.717, 1.165) is 12.4 Å². The maximum Gasteiger partial charge on any atom is 0.103 e. The molecule has 0 aliphatic carbocycles. The molecule has 0 bridgehead atoms. The summed E-state index contributed by atoms with van der Waals surface area (Å²) in [4.78, 5) is 7.57. The van der Waals surface area contributed by atoms with Gasteiger partial charge in [0.1, 0.15) is 5.82 Å². The Hall–Kier alpha value is -0.830. The second kappa shape index (κ2) is 3.27. The molecule has 2 rings (SSSR count). The lowest BCUT2D eigenvalue weighted by atomic mass is 9.97. The molecule has 3 nitrogen and oxygen atoms in total. The Morgan fingerprint density at radius 2 is 2.50 bits per heavy atom. The van der Waals surface area contributed by atoms with E-state index in [9.17, 15) is 0 Å². The van der Waals surface area contributed by atoms with Gasteiger partial charge in [0, 0.05) is 18.7 Å². The molecule has 1 aliphatic heterocycles. The Kier molecular flexibility index (Phi) is 2.13. The number of H-pyrrole nitrogens is 1. The fourth-order valence-electron chi connectivity index (χ4n) is 1.75. The van der Waals surface area contributed by atoms with Gasteiger partial charge in [0.25, 0.3) is 0 Å². The van der Waals surface area contributed by atoms with E-state index < -0.39 is 0 Å². The molecular weight excluding hydrogens is 150 g/mol. The largest absolute Gasteiger partial charge is 0.349 e. The summed E-state index contributed by atoms with van der Waals surface area (Å²) in [6, 6.07) is 0. The van der Waals surface area contributed by atoms with Gasteiger partial charge in [0.15, 0.2) is 0 Å². The van der Waals surface area contributed by atoms with E-state index in [2.05, 4.69) is 15.3 Å². The molecule has 1 aromatic rings. The molecule has 1 saturated heterocycles. The van der Waals surface area contributed by atoms with Gasteiger partial charge in [-0.3, -0.25) is 0 Å². The van der Waals surface area contributed by atoms with E-state index in [-0.39, 0.29) is 0 Å². The van der Waals surface area contributed by atoms with Crippen molar-refractivity contribution >= 4 is 0 Å². The summed E-state index contributed by atoms with van der Waals surface area (Å²) in [6.07, 6.45) is 4.58. The molecular formula is C9H15N3. The zero-order chi connectivity index (χ0) is 8.39. The maximum absolute atomic E-state index is 4.44. The molecule has 0 aromatic carbocycles. The third-order valence-electron chi connectivity index (χ3n) is 2.44. The number of aryl methyl sites for hydroxylation is 1. The number of aromatic amines is 1. The number of imidazole rings is 1. The van der Waals surface area contributed by atoms with Crippen molar-refractivity contribution in [2.75, 3.05) is 13.1 Å². The number of hydrogen-bond acceptors (Lipinski definition) is 2. The number of piperidine rings is 1. The predicted octanol–water partition coefficient (Wildman–Crippen LogP) is 1.19. The molecule has 1 fully saturated rings. The van der Waals surface area contributed by atoms with Crippen molar-refractivity contribution in [3.05, 3.63) is 17.7 Å². The quantitative estimate of drug-likeness (QED) is 0.656. The standard InChI is InChI=1S/C9H15N3/c1-7-11-6-9(12-7)8-3-2-4-10-5-8/h6,8,10H,2-5H2,1H3,(H,11,12). The minimum atomic E-state index is 0.628. The Morgan fingerprint density at radius 3 is 3.08 bits per heavy atom. The minimum Gasteiger partial charge on any atom is -0.349 e. The minimum absolute atomic E-state index is 0.628. The summed E-state index contributed by atoms with van der Waals surface area (Å²) < 4.78 is 0. The summed E-state index contributed by atoms with van der Waals surface area (Å²) >= 11 is 0. The van der Waals surface area contributed by atoms with Crippen LogP contribution in [-0.4, -0.2) is 23.1 Å². The first-order valence-electron chi connectivity index (χ1n) is 4.59. The molecule has 0 saturated carbocycles. The second-order valence-corrected chi connectivity index (χ2v) is 3.45. The van der Waals surface area contributed by atoms with E-state index in [0.29, 0.717) is 5.92 Å². The number of aromatic nitrogens is 2. The van der Waals surface area contributed by atoms with Crippen LogP contribution in [-0.2, 0) is 0 Å². The van der Waals surface area contributed by atoms with Crippen LogP contribution in [0.5, 0.6) is 0 Å². The molecule has 2 N–H and O–H groups in total. The van der Waals surface area contributed by atoms with Gasteiger partial charge in [0.2, 0.25) is 0 Å². The lowest BCUT2D eigenvalue weighted by Crippen LogP contribution is -2.28. The molecule has 0 amide bonds. The molecule has 3 heteroatoms.